The molecule has 0 bridgehead atoms. The van der Waals surface area contributed by atoms with Crippen LogP contribution >= 0.6 is 0 Å². The van der Waals surface area contributed by atoms with Crippen molar-refractivity contribution < 1.29 is 13.2 Å². The van der Waals surface area contributed by atoms with E-state index in [0.29, 0.717) is 25.6 Å². The molecule has 0 amide bonds. The highest BCUT2D eigenvalue weighted by Gasteiger charge is 2.30. The third kappa shape index (κ3) is 3.33. The zero-order valence-electron chi connectivity index (χ0n) is 11.3. The topological polar surface area (TPSA) is 46.6 Å². The van der Waals surface area contributed by atoms with Gasteiger partial charge >= 0.3 is 0 Å². The highest BCUT2D eigenvalue weighted by molar-refractivity contribution is 7.89. The number of hydrogen-bond acceptors (Lipinski definition) is 3. The predicted octanol–water partition coefficient (Wildman–Crippen LogP) is 1.78. The van der Waals surface area contributed by atoms with Crippen LogP contribution in [0, 0.1) is 5.92 Å². The monoisotopic (exact) mass is 273 g/mol. The van der Waals surface area contributed by atoms with Crippen LogP contribution in [0.4, 0.5) is 0 Å². The van der Waals surface area contributed by atoms with E-state index in [1.54, 1.807) is 4.31 Å². The van der Waals surface area contributed by atoms with E-state index in [0.717, 1.165) is 19.3 Å². The Morgan fingerprint density at radius 2 is 2.22 bits per heavy atom. The Morgan fingerprint density at radius 3 is 2.78 bits per heavy atom. The van der Waals surface area contributed by atoms with Crippen molar-refractivity contribution in [3.8, 4) is 0 Å². The van der Waals surface area contributed by atoms with Crippen LogP contribution in [-0.4, -0.2) is 44.3 Å². The largest absolute Gasteiger partial charge is 0.377 e. The molecule has 1 unspecified atom stereocenters. The molecule has 1 saturated heterocycles. The van der Waals surface area contributed by atoms with Crippen molar-refractivity contribution in [2.75, 3.05) is 25.4 Å². The third-order valence-corrected chi connectivity index (χ3v) is 5.58. The minimum Gasteiger partial charge on any atom is -0.377 e. The first-order valence-corrected chi connectivity index (χ1v) is 8.38. The van der Waals surface area contributed by atoms with Gasteiger partial charge in [0, 0.05) is 19.7 Å². The van der Waals surface area contributed by atoms with Crippen molar-refractivity contribution in [3.05, 3.63) is 11.6 Å². The van der Waals surface area contributed by atoms with Crippen molar-refractivity contribution in [1.29, 1.82) is 0 Å². The summed E-state index contributed by atoms with van der Waals surface area (Å²) in [4.78, 5) is 0. The summed E-state index contributed by atoms with van der Waals surface area (Å²) in [7, 11) is -3.17. The molecule has 104 valence electrons. The average molecular weight is 273 g/mol. The fourth-order valence-electron chi connectivity index (χ4n) is 2.46. The zero-order chi connectivity index (χ0) is 13.2. The van der Waals surface area contributed by atoms with Gasteiger partial charge in [-0.25, -0.2) is 8.42 Å². The molecule has 2 aliphatic heterocycles. The summed E-state index contributed by atoms with van der Waals surface area (Å²) in [5.74, 6) is 0.572. The lowest BCUT2D eigenvalue weighted by atomic mass is 10.1. The van der Waals surface area contributed by atoms with Gasteiger partial charge in [0.1, 0.15) is 0 Å². The van der Waals surface area contributed by atoms with E-state index in [1.165, 1.54) is 5.57 Å². The molecule has 0 aromatic rings. The third-order valence-electron chi connectivity index (χ3n) is 3.72. The zero-order valence-corrected chi connectivity index (χ0v) is 12.1. The smallest absolute Gasteiger partial charge is 0.217 e. The molecule has 18 heavy (non-hydrogen) atoms. The Morgan fingerprint density at radius 1 is 1.44 bits per heavy atom. The predicted molar refractivity (Wildman–Crippen MR) is 71.9 cm³/mol. The van der Waals surface area contributed by atoms with Gasteiger partial charge in [-0.2, -0.15) is 4.31 Å². The molecule has 2 heterocycles. The van der Waals surface area contributed by atoms with Crippen LogP contribution in [0.3, 0.4) is 0 Å². The molecule has 1 fully saturated rings. The van der Waals surface area contributed by atoms with Crippen LogP contribution in [0.1, 0.15) is 33.1 Å². The molecular formula is C13H23NO3S. The Bertz CT molecular complexity index is 408. The summed E-state index contributed by atoms with van der Waals surface area (Å²) < 4.78 is 31.7. The lowest BCUT2D eigenvalue weighted by molar-refractivity contribution is 0.0300. The summed E-state index contributed by atoms with van der Waals surface area (Å²) in [6.45, 7) is 6.00. The minimum absolute atomic E-state index is 0.105. The fraction of sp³-hybridized carbons (Fsp3) is 0.846. The van der Waals surface area contributed by atoms with Gasteiger partial charge in [-0.3, -0.25) is 0 Å². The fourth-order valence-corrected chi connectivity index (χ4v) is 4.05. The van der Waals surface area contributed by atoms with Crippen LogP contribution in [0.15, 0.2) is 11.6 Å². The van der Waals surface area contributed by atoms with Crippen LogP contribution < -0.4 is 0 Å². The molecule has 0 aliphatic carbocycles. The summed E-state index contributed by atoms with van der Waals surface area (Å²) in [6, 6.07) is 0. The van der Waals surface area contributed by atoms with Gasteiger partial charge < -0.3 is 4.74 Å². The number of nitrogens with zero attached hydrogens (tertiary/aromatic N) is 1. The molecule has 0 aromatic carbocycles. The van der Waals surface area contributed by atoms with Gasteiger partial charge in [-0.15, -0.1) is 0 Å². The SMILES string of the molecule is CC(C)C1=CCN(S(=O)(=O)CC2CCCCO2)C1. The molecule has 2 rings (SSSR count). The van der Waals surface area contributed by atoms with E-state index in [2.05, 4.69) is 13.8 Å². The van der Waals surface area contributed by atoms with Gasteiger partial charge in [-0.05, 0) is 25.2 Å². The second-order valence-electron chi connectivity index (χ2n) is 5.49. The summed E-state index contributed by atoms with van der Waals surface area (Å²) in [5, 5.41) is 0. The standard InChI is InChI=1S/C13H23NO3S/c1-11(2)12-6-7-14(9-12)18(15,16)10-13-5-3-4-8-17-13/h6,11,13H,3-5,7-10H2,1-2H3. The molecule has 0 radical (unpaired) electrons. The molecule has 0 aromatic heterocycles. The molecule has 2 aliphatic rings. The molecule has 0 spiro atoms. The normalized spacial score (nSPS) is 26.6. The van der Waals surface area contributed by atoms with E-state index in [4.69, 9.17) is 4.74 Å². The summed E-state index contributed by atoms with van der Waals surface area (Å²) in [5.41, 5.74) is 1.23. The number of rotatable bonds is 4. The van der Waals surface area contributed by atoms with Crippen molar-refractivity contribution in [2.45, 2.75) is 39.2 Å². The second-order valence-corrected chi connectivity index (χ2v) is 7.51. The van der Waals surface area contributed by atoms with Gasteiger partial charge in [0.25, 0.3) is 0 Å². The van der Waals surface area contributed by atoms with E-state index < -0.39 is 10.0 Å². The van der Waals surface area contributed by atoms with Crippen LogP contribution in [-0.2, 0) is 14.8 Å². The second kappa shape index (κ2) is 5.72. The Balaban J connectivity index is 1.92. The van der Waals surface area contributed by atoms with Gasteiger partial charge in [0.2, 0.25) is 10.0 Å². The molecule has 5 heteroatoms. The maximum atomic E-state index is 12.3. The lowest BCUT2D eigenvalue weighted by Gasteiger charge is -2.25. The van der Waals surface area contributed by atoms with E-state index in [1.807, 2.05) is 6.08 Å². The van der Waals surface area contributed by atoms with Crippen molar-refractivity contribution in [2.24, 2.45) is 5.92 Å². The maximum absolute atomic E-state index is 12.3. The first-order chi connectivity index (χ1) is 8.49. The average Bonchev–Trinajstić information content (AvgIpc) is 2.79. The lowest BCUT2D eigenvalue weighted by Crippen LogP contribution is -2.37. The highest BCUT2D eigenvalue weighted by atomic mass is 32.2. The Hall–Kier alpha value is -0.390. The van der Waals surface area contributed by atoms with Crippen LogP contribution in [0.5, 0.6) is 0 Å². The van der Waals surface area contributed by atoms with Gasteiger partial charge in [0.15, 0.2) is 0 Å². The van der Waals surface area contributed by atoms with Crippen molar-refractivity contribution in [3.63, 3.8) is 0 Å². The molecule has 4 nitrogen and oxygen atoms in total. The number of ether oxygens (including phenoxy) is 1. The van der Waals surface area contributed by atoms with E-state index >= 15 is 0 Å². The maximum Gasteiger partial charge on any atom is 0.217 e. The van der Waals surface area contributed by atoms with E-state index in [9.17, 15) is 8.42 Å². The quantitative estimate of drug-likeness (QED) is 0.734. The van der Waals surface area contributed by atoms with Gasteiger partial charge in [0.05, 0.1) is 11.9 Å². The van der Waals surface area contributed by atoms with Crippen molar-refractivity contribution in [1.82, 2.24) is 4.31 Å². The summed E-state index contributed by atoms with van der Waals surface area (Å²) in [6.07, 6.45) is 4.95. The molecule has 0 saturated carbocycles. The first kappa shape index (κ1) is 14.0. The van der Waals surface area contributed by atoms with Crippen molar-refractivity contribution >= 4 is 10.0 Å². The number of hydrogen-bond donors (Lipinski definition) is 0. The van der Waals surface area contributed by atoms with Crippen LogP contribution in [0.25, 0.3) is 0 Å². The minimum atomic E-state index is -3.17. The molecule has 1 atom stereocenters. The highest BCUT2D eigenvalue weighted by Crippen LogP contribution is 2.22. The number of sulfonamides is 1. The molecular weight excluding hydrogens is 250 g/mol. The Kier molecular flexibility index (Phi) is 4.45. The summed E-state index contributed by atoms with van der Waals surface area (Å²) >= 11 is 0. The van der Waals surface area contributed by atoms with Gasteiger partial charge in [-0.1, -0.05) is 25.5 Å². The van der Waals surface area contributed by atoms with Crippen LogP contribution in [0.2, 0.25) is 0 Å². The molecule has 0 N–H and O–H groups in total. The first-order valence-electron chi connectivity index (χ1n) is 6.77. The van der Waals surface area contributed by atoms with E-state index in [-0.39, 0.29) is 11.9 Å². The Labute approximate surface area is 110 Å².